The van der Waals surface area contributed by atoms with Crippen LogP contribution in [0.2, 0.25) is 0 Å². The normalized spacial score (nSPS) is 16.6. The highest BCUT2D eigenvalue weighted by Gasteiger charge is 2.14. The molecule has 0 unspecified atom stereocenters. The van der Waals surface area contributed by atoms with Gasteiger partial charge in [-0.1, -0.05) is 6.07 Å². The molecule has 2 heterocycles. The van der Waals surface area contributed by atoms with E-state index in [0.717, 1.165) is 37.1 Å². The number of rotatable bonds is 3. The Morgan fingerprint density at radius 1 is 1.10 bits per heavy atom. The third-order valence-electron chi connectivity index (χ3n) is 3.81. The molecule has 1 aromatic carbocycles. The van der Waals surface area contributed by atoms with Crippen LogP contribution in [0.5, 0.6) is 5.88 Å². The standard InChI is InChI=1S/C16H21N3O/c1-3-20-16-7-5-13-4-6-14(12-15(13)17-16)19-10-8-18(2)9-11-19/h4-7,12H,3,8-11H2,1-2H3. The molecule has 0 bridgehead atoms. The first-order valence-corrected chi connectivity index (χ1v) is 7.23. The van der Waals surface area contributed by atoms with Crippen LogP contribution in [0.25, 0.3) is 10.9 Å². The molecule has 3 rings (SSSR count). The largest absolute Gasteiger partial charge is 0.478 e. The number of likely N-dealkylation sites (N-methyl/N-ethyl adjacent to an activating group) is 1. The maximum Gasteiger partial charge on any atom is 0.213 e. The van der Waals surface area contributed by atoms with Gasteiger partial charge in [0, 0.05) is 43.3 Å². The second-order valence-electron chi connectivity index (χ2n) is 5.25. The number of pyridine rings is 1. The molecular formula is C16H21N3O. The van der Waals surface area contributed by atoms with Crippen LogP contribution in [-0.2, 0) is 0 Å². The molecule has 1 fully saturated rings. The van der Waals surface area contributed by atoms with Crippen molar-refractivity contribution >= 4 is 16.6 Å². The Kier molecular flexibility index (Phi) is 3.74. The molecule has 4 heteroatoms. The van der Waals surface area contributed by atoms with E-state index < -0.39 is 0 Å². The molecule has 4 nitrogen and oxygen atoms in total. The Labute approximate surface area is 120 Å². The Morgan fingerprint density at radius 2 is 1.85 bits per heavy atom. The van der Waals surface area contributed by atoms with Gasteiger partial charge in [-0.25, -0.2) is 4.98 Å². The Bertz CT molecular complexity index is 591. The highest BCUT2D eigenvalue weighted by atomic mass is 16.5. The highest BCUT2D eigenvalue weighted by Crippen LogP contribution is 2.23. The van der Waals surface area contributed by atoms with E-state index in [0.29, 0.717) is 12.5 Å². The third kappa shape index (κ3) is 2.70. The van der Waals surface area contributed by atoms with Crippen molar-refractivity contribution in [3.05, 3.63) is 30.3 Å². The van der Waals surface area contributed by atoms with Crippen LogP contribution in [0.3, 0.4) is 0 Å². The van der Waals surface area contributed by atoms with Gasteiger partial charge < -0.3 is 14.5 Å². The minimum Gasteiger partial charge on any atom is -0.478 e. The number of anilines is 1. The lowest BCUT2D eigenvalue weighted by Gasteiger charge is -2.34. The van der Waals surface area contributed by atoms with E-state index >= 15 is 0 Å². The first-order valence-electron chi connectivity index (χ1n) is 7.23. The van der Waals surface area contributed by atoms with E-state index in [-0.39, 0.29) is 0 Å². The molecule has 1 aliphatic rings. The lowest BCUT2D eigenvalue weighted by atomic mass is 10.1. The Hall–Kier alpha value is -1.81. The quantitative estimate of drug-likeness (QED) is 0.857. The lowest BCUT2D eigenvalue weighted by Crippen LogP contribution is -2.44. The number of hydrogen-bond donors (Lipinski definition) is 0. The molecular weight excluding hydrogens is 250 g/mol. The second kappa shape index (κ2) is 5.67. The van der Waals surface area contributed by atoms with Gasteiger partial charge in [0.2, 0.25) is 5.88 Å². The van der Waals surface area contributed by atoms with Crippen molar-refractivity contribution < 1.29 is 4.74 Å². The molecule has 0 spiro atoms. The van der Waals surface area contributed by atoms with Crippen LogP contribution in [0, 0.1) is 0 Å². The van der Waals surface area contributed by atoms with Crippen molar-refractivity contribution in [3.63, 3.8) is 0 Å². The molecule has 1 aromatic heterocycles. The van der Waals surface area contributed by atoms with Crippen LogP contribution < -0.4 is 9.64 Å². The monoisotopic (exact) mass is 271 g/mol. The number of nitrogens with zero attached hydrogens (tertiary/aromatic N) is 3. The number of hydrogen-bond acceptors (Lipinski definition) is 4. The number of piperazine rings is 1. The van der Waals surface area contributed by atoms with Crippen molar-refractivity contribution in [2.45, 2.75) is 6.92 Å². The smallest absolute Gasteiger partial charge is 0.213 e. The van der Waals surface area contributed by atoms with Crippen molar-refractivity contribution in [2.24, 2.45) is 0 Å². The summed E-state index contributed by atoms with van der Waals surface area (Å²) >= 11 is 0. The van der Waals surface area contributed by atoms with Gasteiger partial charge in [-0.2, -0.15) is 0 Å². The first-order chi connectivity index (χ1) is 9.76. The van der Waals surface area contributed by atoms with Crippen molar-refractivity contribution in [2.75, 3.05) is 44.7 Å². The number of fused-ring (bicyclic) bond motifs is 1. The van der Waals surface area contributed by atoms with Crippen molar-refractivity contribution in [1.29, 1.82) is 0 Å². The molecule has 1 aliphatic heterocycles. The van der Waals surface area contributed by atoms with E-state index in [1.807, 2.05) is 13.0 Å². The number of aromatic nitrogens is 1. The summed E-state index contributed by atoms with van der Waals surface area (Å²) in [4.78, 5) is 9.37. The Balaban J connectivity index is 1.88. The second-order valence-corrected chi connectivity index (χ2v) is 5.25. The average molecular weight is 271 g/mol. The van der Waals surface area contributed by atoms with Gasteiger partial charge in [-0.05, 0) is 32.2 Å². The molecule has 106 valence electrons. The summed E-state index contributed by atoms with van der Waals surface area (Å²) in [6.45, 7) is 7.01. The SMILES string of the molecule is CCOc1ccc2ccc(N3CCN(C)CC3)cc2n1. The molecule has 1 saturated heterocycles. The summed E-state index contributed by atoms with van der Waals surface area (Å²) in [6, 6.07) is 10.5. The molecule has 0 radical (unpaired) electrons. The molecule has 0 saturated carbocycles. The first kappa shape index (κ1) is 13.2. The third-order valence-corrected chi connectivity index (χ3v) is 3.81. The predicted octanol–water partition coefficient (Wildman–Crippen LogP) is 2.39. The van der Waals surface area contributed by atoms with E-state index in [1.165, 1.54) is 5.69 Å². The fourth-order valence-electron chi connectivity index (χ4n) is 2.58. The van der Waals surface area contributed by atoms with Crippen LogP contribution in [0.15, 0.2) is 30.3 Å². The minimum absolute atomic E-state index is 0.649. The van der Waals surface area contributed by atoms with Gasteiger partial charge in [0.05, 0.1) is 12.1 Å². The van der Waals surface area contributed by atoms with Gasteiger partial charge in [-0.15, -0.1) is 0 Å². The van der Waals surface area contributed by atoms with Gasteiger partial charge >= 0.3 is 0 Å². The summed E-state index contributed by atoms with van der Waals surface area (Å²) in [6.07, 6.45) is 0. The minimum atomic E-state index is 0.649. The van der Waals surface area contributed by atoms with E-state index in [2.05, 4.69) is 46.1 Å². The molecule has 2 aromatic rings. The zero-order chi connectivity index (χ0) is 13.9. The summed E-state index contributed by atoms with van der Waals surface area (Å²) in [5, 5.41) is 1.16. The van der Waals surface area contributed by atoms with Crippen LogP contribution in [0.1, 0.15) is 6.92 Å². The van der Waals surface area contributed by atoms with Crippen molar-refractivity contribution in [3.8, 4) is 5.88 Å². The van der Waals surface area contributed by atoms with Crippen molar-refractivity contribution in [1.82, 2.24) is 9.88 Å². The summed E-state index contributed by atoms with van der Waals surface area (Å²) in [5.74, 6) is 0.704. The highest BCUT2D eigenvalue weighted by molar-refractivity contribution is 5.83. The zero-order valence-corrected chi connectivity index (χ0v) is 12.2. The van der Waals surface area contributed by atoms with Crippen LogP contribution >= 0.6 is 0 Å². The summed E-state index contributed by atoms with van der Waals surface area (Å²) in [5.41, 5.74) is 2.26. The van der Waals surface area contributed by atoms with Gasteiger partial charge in [0.1, 0.15) is 0 Å². The number of ether oxygens (including phenoxy) is 1. The molecule has 20 heavy (non-hydrogen) atoms. The van der Waals surface area contributed by atoms with Gasteiger partial charge in [0.15, 0.2) is 0 Å². The van der Waals surface area contributed by atoms with E-state index in [4.69, 9.17) is 4.74 Å². The average Bonchev–Trinajstić information content (AvgIpc) is 2.48. The summed E-state index contributed by atoms with van der Waals surface area (Å²) < 4.78 is 5.48. The summed E-state index contributed by atoms with van der Waals surface area (Å²) in [7, 11) is 2.17. The van der Waals surface area contributed by atoms with E-state index in [1.54, 1.807) is 0 Å². The molecule has 0 atom stereocenters. The number of benzene rings is 1. The van der Waals surface area contributed by atoms with Crippen LogP contribution in [0.4, 0.5) is 5.69 Å². The zero-order valence-electron chi connectivity index (χ0n) is 12.2. The fraction of sp³-hybridized carbons (Fsp3) is 0.438. The Morgan fingerprint density at radius 3 is 2.60 bits per heavy atom. The maximum absolute atomic E-state index is 5.48. The van der Waals surface area contributed by atoms with Gasteiger partial charge in [-0.3, -0.25) is 0 Å². The van der Waals surface area contributed by atoms with E-state index in [9.17, 15) is 0 Å². The topological polar surface area (TPSA) is 28.6 Å². The molecule has 0 N–H and O–H groups in total. The predicted molar refractivity (Wildman–Crippen MR) is 82.6 cm³/mol. The van der Waals surface area contributed by atoms with Gasteiger partial charge in [0.25, 0.3) is 0 Å². The molecule has 0 aliphatic carbocycles. The lowest BCUT2D eigenvalue weighted by molar-refractivity contribution is 0.313. The maximum atomic E-state index is 5.48. The van der Waals surface area contributed by atoms with Crippen LogP contribution in [-0.4, -0.2) is 49.7 Å². The fourth-order valence-corrected chi connectivity index (χ4v) is 2.58. The molecule has 0 amide bonds.